The highest BCUT2D eigenvalue weighted by Gasteiger charge is 2.08. The molecule has 38 heavy (non-hydrogen) atoms. The molecule has 1 heterocycles. The average Bonchev–Trinajstić information content (AvgIpc) is 2.95. The maximum atomic E-state index is 11.3. The molecule has 4 aromatic rings. The zero-order valence-corrected chi connectivity index (χ0v) is 21.7. The highest BCUT2D eigenvalue weighted by molar-refractivity contribution is 5.80. The van der Waals surface area contributed by atoms with Crippen LogP contribution >= 0.6 is 0 Å². The molecule has 0 unspecified atom stereocenters. The number of ether oxygens (including phenoxy) is 3. The maximum Gasteiger partial charge on any atom is 0.343 e. The first-order chi connectivity index (χ1) is 18.5. The summed E-state index contributed by atoms with van der Waals surface area (Å²) in [7, 11) is 1.33. The van der Waals surface area contributed by atoms with Gasteiger partial charge in [-0.05, 0) is 90.6 Å². The standard InChI is InChI=1S/C33H29NO4/c1-24-7-12-27(13-8-24)31(28-14-9-26(10-15-28)11-16-29-6-4-5-20-34-29)19-21-37-30-17-18-32(25(2)22-30)38-23-33(35)36-3/h4-10,12-15,17-20,22H,21,23H2,1-3H3. The number of rotatable bonds is 8. The number of esters is 1. The fourth-order valence-electron chi connectivity index (χ4n) is 3.73. The molecule has 5 nitrogen and oxygen atoms in total. The predicted octanol–water partition coefficient (Wildman–Crippen LogP) is 6.16. The van der Waals surface area contributed by atoms with Gasteiger partial charge in [0.2, 0.25) is 0 Å². The Kier molecular flexibility index (Phi) is 8.93. The lowest BCUT2D eigenvalue weighted by molar-refractivity contribution is -0.142. The Morgan fingerprint density at radius 1 is 0.868 bits per heavy atom. The van der Waals surface area contributed by atoms with Crippen molar-refractivity contribution >= 4 is 11.5 Å². The van der Waals surface area contributed by atoms with E-state index in [1.807, 2.05) is 49.4 Å². The van der Waals surface area contributed by atoms with Crippen molar-refractivity contribution in [2.75, 3.05) is 20.3 Å². The minimum absolute atomic E-state index is 0.131. The van der Waals surface area contributed by atoms with Crippen molar-refractivity contribution in [1.29, 1.82) is 0 Å². The molecule has 0 aliphatic heterocycles. The van der Waals surface area contributed by atoms with Gasteiger partial charge in [0.1, 0.15) is 23.8 Å². The molecule has 0 bridgehead atoms. The SMILES string of the molecule is COC(=O)COc1ccc(OCC=C(c2ccc(C)cc2)c2ccc(C#Cc3ccccn3)cc2)cc1C. The van der Waals surface area contributed by atoms with Crippen LogP contribution in [-0.2, 0) is 9.53 Å². The Morgan fingerprint density at radius 3 is 2.26 bits per heavy atom. The van der Waals surface area contributed by atoms with Crippen LogP contribution in [0.5, 0.6) is 11.5 Å². The van der Waals surface area contributed by atoms with Gasteiger partial charge in [-0.15, -0.1) is 0 Å². The van der Waals surface area contributed by atoms with Crippen molar-refractivity contribution in [3.05, 3.63) is 131 Å². The number of carbonyl (C=O) groups is 1. The molecule has 3 aromatic carbocycles. The van der Waals surface area contributed by atoms with Crippen LogP contribution in [0.4, 0.5) is 0 Å². The number of carbonyl (C=O) groups excluding carboxylic acids is 1. The lowest BCUT2D eigenvalue weighted by Gasteiger charge is -2.12. The minimum Gasteiger partial charge on any atom is -0.489 e. The third-order valence-electron chi connectivity index (χ3n) is 5.82. The molecule has 0 radical (unpaired) electrons. The van der Waals surface area contributed by atoms with E-state index in [1.54, 1.807) is 12.3 Å². The number of benzene rings is 3. The molecule has 5 heteroatoms. The van der Waals surface area contributed by atoms with Crippen molar-refractivity contribution < 1.29 is 19.0 Å². The van der Waals surface area contributed by atoms with Crippen LogP contribution in [0.3, 0.4) is 0 Å². The minimum atomic E-state index is -0.424. The van der Waals surface area contributed by atoms with Gasteiger partial charge >= 0.3 is 5.97 Å². The molecule has 0 fully saturated rings. The molecule has 0 saturated heterocycles. The average molecular weight is 504 g/mol. The second-order valence-electron chi connectivity index (χ2n) is 8.63. The second-order valence-corrected chi connectivity index (χ2v) is 8.63. The highest BCUT2D eigenvalue weighted by Crippen LogP contribution is 2.26. The molecule has 0 aliphatic carbocycles. The summed E-state index contributed by atoms with van der Waals surface area (Å²) in [5.74, 6) is 7.18. The number of aromatic nitrogens is 1. The van der Waals surface area contributed by atoms with Crippen molar-refractivity contribution in [3.63, 3.8) is 0 Å². The molecule has 4 rings (SSSR count). The molecule has 0 spiro atoms. The largest absolute Gasteiger partial charge is 0.489 e. The lowest BCUT2D eigenvalue weighted by Crippen LogP contribution is -2.13. The van der Waals surface area contributed by atoms with E-state index in [2.05, 4.69) is 71.0 Å². The van der Waals surface area contributed by atoms with Crippen molar-refractivity contribution in [1.82, 2.24) is 4.98 Å². The molecule has 0 N–H and O–H groups in total. The zero-order valence-electron chi connectivity index (χ0n) is 21.7. The van der Waals surface area contributed by atoms with E-state index in [0.717, 1.165) is 33.5 Å². The first-order valence-corrected chi connectivity index (χ1v) is 12.3. The Hall–Kier alpha value is -4.82. The summed E-state index contributed by atoms with van der Waals surface area (Å²) in [4.78, 5) is 15.6. The Morgan fingerprint density at radius 2 is 1.61 bits per heavy atom. The van der Waals surface area contributed by atoms with E-state index >= 15 is 0 Å². The summed E-state index contributed by atoms with van der Waals surface area (Å²) < 4.78 is 16.2. The third kappa shape index (κ3) is 7.35. The van der Waals surface area contributed by atoms with Crippen LogP contribution in [0.1, 0.15) is 33.5 Å². The molecule has 0 aliphatic rings. The summed E-state index contributed by atoms with van der Waals surface area (Å²) >= 11 is 0. The van der Waals surface area contributed by atoms with Gasteiger partial charge in [0.25, 0.3) is 0 Å². The predicted molar refractivity (Wildman–Crippen MR) is 149 cm³/mol. The summed E-state index contributed by atoms with van der Waals surface area (Å²) in [5, 5.41) is 0. The number of pyridine rings is 1. The first-order valence-electron chi connectivity index (χ1n) is 12.3. The van der Waals surface area contributed by atoms with Crippen LogP contribution < -0.4 is 9.47 Å². The quantitative estimate of drug-likeness (QED) is 0.213. The van der Waals surface area contributed by atoms with Crippen molar-refractivity contribution in [2.45, 2.75) is 13.8 Å². The van der Waals surface area contributed by atoms with E-state index in [9.17, 15) is 4.79 Å². The van der Waals surface area contributed by atoms with Crippen LogP contribution in [0.15, 0.2) is 97.2 Å². The number of nitrogens with zero attached hydrogens (tertiary/aromatic N) is 1. The molecular weight excluding hydrogens is 474 g/mol. The van der Waals surface area contributed by atoms with E-state index in [0.29, 0.717) is 18.1 Å². The van der Waals surface area contributed by atoms with E-state index in [-0.39, 0.29) is 6.61 Å². The fraction of sp³-hybridized carbons (Fsp3) is 0.152. The van der Waals surface area contributed by atoms with E-state index in [4.69, 9.17) is 9.47 Å². The Bertz CT molecular complexity index is 1460. The monoisotopic (exact) mass is 503 g/mol. The number of hydrogen-bond acceptors (Lipinski definition) is 5. The third-order valence-corrected chi connectivity index (χ3v) is 5.82. The normalized spacial score (nSPS) is 10.8. The number of hydrogen-bond donors (Lipinski definition) is 0. The van der Waals surface area contributed by atoms with E-state index in [1.165, 1.54) is 12.7 Å². The number of methoxy groups -OCH3 is 1. The molecular formula is C33H29NO4. The van der Waals surface area contributed by atoms with Gasteiger partial charge in [-0.3, -0.25) is 0 Å². The van der Waals surface area contributed by atoms with Gasteiger partial charge in [0.15, 0.2) is 6.61 Å². The molecule has 0 saturated carbocycles. The zero-order chi connectivity index (χ0) is 26.7. The first kappa shape index (κ1) is 26.2. The van der Waals surface area contributed by atoms with E-state index < -0.39 is 5.97 Å². The Balaban J connectivity index is 1.50. The summed E-state index contributed by atoms with van der Waals surface area (Å²) in [6.45, 7) is 4.23. The Labute approximate surface area is 223 Å². The summed E-state index contributed by atoms with van der Waals surface area (Å²) in [6, 6.07) is 27.8. The number of aryl methyl sites for hydroxylation is 2. The maximum absolute atomic E-state index is 11.3. The molecule has 0 amide bonds. The van der Waals surface area contributed by atoms with Crippen LogP contribution in [-0.4, -0.2) is 31.3 Å². The second kappa shape index (κ2) is 12.9. The lowest BCUT2D eigenvalue weighted by atomic mass is 9.96. The fourth-order valence-corrected chi connectivity index (χ4v) is 3.73. The van der Waals surface area contributed by atoms with Gasteiger partial charge in [-0.1, -0.05) is 53.9 Å². The highest BCUT2D eigenvalue weighted by atomic mass is 16.6. The summed E-state index contributed by atoms with van der Waals surface area (Å²) in [6.07, 6.45) is 3.82. The van der Waals surface area contributed by atoms with Crippen LogP contribution in [0.25, 0.3) is 5.57 Å². The molecule has 1 aromatic heterocycles. The van der Waals surface area contributed by atoms with Gasteiger partial charge in [-0.25, -0.2) is 9.78 Å². The summed E-state index contributed by atoms with van der Waals surface area (Å²) in [5.41, 5.74) is 6.99. The van der Waals surface area contributed by atoms with Crippen LogP contribution in [0.2, 0.25) is 0 Å². The molecule has 0 atom stereocenters. The topological polar surface area (TPSA) is 57.7 Å². The van der Waals surface area contributed by atoms with Gasteiger partial charge in [0, 0.05) is 11.8 Å². The van der Waals surface area contributed by atoms with Gasteiger partial charge in [0.05, 0.1) is 7.11 Å². The molecule has 190 valence electrons. The van der Waals surface area contributed by atoms with Gasteiger partial charge in [-0.2, -0.15) is 0 Å². The van der Waals surface area contributed by atoms with Gasteiger partial charge < -0.3 is 14.2 Å². The van der Waals surface area contributed by atoms with Crippen molar-refractivity contribution in [2.24, 2.45) is 0 Å². The smallest absolute Gasteiger partial charge is 0.343 e. The van der Waals surface area contributed by atoms with Crippen molar-refractivity contribution in [3.8, 4) is 23.3 Å². The van der Waals surface area contributed by atoms with Crippen LogP contribution in [0, 0.1) is 25.7 Å².